The maximum Gasteiger partial charge on any atom is 0.251 e. The summed E-state index contributed by atoms with van der Waals surface area (Å²) in [6.45, 7) is 2.61. The van der Waals surface area contributed by atoms with E-state index >= 15 is 0 Å². The first kappa shape index (κ1) is 15.9. The second-order valence-corrected chi connectivity index (χ2v) is 7.10. The summed E-state index contributed by atoms with van der Waals surface area (Å²) >= 11 is 0. The number of amides is 1. The molecular formula is C13H20N4O3S. The fraction of sp³-hybridized carbons (Fsp3) is 0.538. The fourth-order valence-electron chi connectivity index (χ4n) is 2.09. The number of rotatable bonds is 5. The summed E-state index contributed by atoms with van der Waals surface area (Å²) in [6, 6.07) is 3.18. The Labute approximate surface area is 125 Å². The Kier molecular flexibility index (Phi) is 5.27. The quantitative estimate of drug-likeness (QED) is 0.784. The van der Waals surface area contributed by atoms with Crippen LogP contribution in [0.4, 0.5) is 0 Å². The van der Waals surface area contributed by atoms with Crippen LogP contribution in [0.3, 0.4) is 0 Å². The molecule has 0 bridgehead atoms. The Bertz CT molecular complexity index is 568. The van der Waals surface area contributed by atoms with Crippen LogP contribution in [0.25, 0.3) is 0 Å². The predicted octanol–water partition coefficient (Wildman–Crippen LogP) is -0.611. The molecule has 0 unspecified atom stereocenters. The molecule has 1 fully saturated rings. The van der Waals surface area contributed by atoms with Crippen molar-refractivity contribution in [2.24, 2.45) is 0 Å². The number of carbonyl (C=O) groups excluding carboxylic acids is 1. The molecule has 1 aromatic heterocycles. The maximum absolute atomic E-state index is 12.2. The van der Waals surface area contributed by atoms with E-state index in [4.69, 9.17) is 0 Å². The van der Waals surface area contributed by atoms with Crippen molar-refractivity contribution in [3.63, 3.8) is 0 Å². The van der Waals surface area contributed by atoms with Crippen molar-refractivity contribution in [2.75, 3.05) is 45.5 Å². The number of sulfonamides is 1. The highest BCUT2D eigenvalue weighted by atomic mass is 32.2. The monoisotopic (exact) mass is 312 g/mol. The molecule has 1 aromatic rings. The standard InChI is InChI=1S/C13H20N4O3S/c1-16-7-9-17(10-8-16)21(19,20)11-6-15-13(18)12-2-4-14-5-3-12/h2-5H,6-11H2,1H3,(H,15,18). The van der Waals surface area contributed by atoms with Gasteiger partial charge in [-0.3, -0.25) is 9.78 Å². The smallest absolute Gasteiger partial charge is 0.251 e. The fourth-order valence-corrected chi connectivity index (χ4v) is 3.43. The molecule has 0 aliphatic carbocycles. The van der Waals surface area contributed by atoms with Crippen molar-refractivity contribution in [3.8, 4) is 0 Å². The van der Waals surface area contributed by atoms with E-state index in [0.717, 1.165) is 13.1 Å². The predicted molar refractivity (Wildman–Crippen MR) is 79.4 cm³/mol. The van der Waals surface area contributed by atoms with Crippen LogP contribution in [0.5, 0.6) is 0 Å². The van der Waals surface area contributed by atoms with E-state index in [1.807, 2.05) is 7.05 Å². The Morgan fingerprint density at radius 2 is 1.86 bits per heavy atom. The maximum atomic E-state index is 12.2. The van der Waals surface area contributed by atoms with E-state index < -0.39 is 10.0 Å². The van der Waals surface area contributed by atoms with E-state index in [9.17, 15) is 13.2 Å². The number of likely N-dealkylation sites (N-methyl/N-ethyl adjacent to an activating group) is 1. The number of hydrogen-bond donors (Lipinski definition) is 1. The number of nitrogens with one attached hydrogen (secondary N) is 1. The Morgan fingerprint density at radius 3 is 2.48 bits per heavy atom. The van der Waals surface area contributed by atoms with E-state index in [0.29, 0.717) is 18.7 Å². The molecule has 21 heavy (non-hydrogen) atoms. The number of hydrogen-bond acceptors (Lipinski definition) is 5. The summed E-state index contributed by atoms with van der Waals surface area (Å²) in [5.74, 6) is -0.362. The van der Waals surface area contributed by atoms with Gasteiger partial charge in [-0.25, -0.2) is 8.42 Å². The summed E-state index contributed by atoms with van der Waals surface area (Å²) in [5, 5.41) is 2.62. The molecule has 1 saturated heterocycles. The second kappa shape index (κ2) is 6.97. The van der Waals surface area contributed by atoms with Crippen LogP contribution in [0.2, 0.25) is 0 Å². The zero-order chi connectivity index (χ0) is 15.3. The van der Waals surface area contributed by atoms with Gasteiger partial charge in [0.05, 0.1) is 5.75 Å². The summed E-state index contributed by atoms with van der Waals surface area (Å²) in [4.78, 5) is 17.7. The molecule has 2 rings (SSSR count). The summed E-state index contributed by atoms with van der Waals surface area (Å²) in [7, 11) is -1.33. The van der Waals surface area contributed by atoms with Crippen LogP contribution in [-0.2, 0) is 10.0 Å². The molecule has 7 nitrogen and oxygen atoms in total. The molecule has 0 atom stereocenters. The van der Waals surface area contributed by atoms with Crippen LogP contribution in [-0.4, -0.2) is 74.0 Å². The van der Waals surface area contributed by atoms with Crippen LogP contribution in [0, 0.1) is 0 Å². The zero-order valence-electron chi connectivity index (χ0n) is 12.0. The first-order valence-electron chi connectivity index (χ1n) is 6.83. The Morgan fingerprint density at radius 1 is 1.24 bits per heavy atom. The lowest BCUT2D eigenvalue weighted by Gasteiger charge is -2.31. The van der Waals surface area contributed by atoms with E-state index in [2.05, 4.69) is 15.2 Å². The van der Waals surface area contributed by atoms with E-state index in [1.54, 1.807) is 12.1 Å². The molecule has 1 aliphatic rings. The zero-order valence-corrected chi connectivity index (χ0v) is 12.8. The third-order valence-corrected chi connectivity index (χ3v) is 5.32. The van der Waals surface area contributed by atoms with Gasteiger partial charge in [0.2, 0.25) is 10.0 Å². The van der Waals surface area contributed by atoms with Crippen molar-refractivity contribution >= 4 is 15.9 Å². The molecule has 116 valence electrons. The largest absolute Gasteiger partial charge is 0.351 e. The van der Waals surface area contributed by atoms with Gasteiger partial charge in [-0.05, 0) is 19.2 Å². The number of pyridine rings is 1. The van der Waals surface area contributed by atoms with Crippen LogP contribution in [0.15, 0.2) is 24.5 Å². The average molecular weight is 312 g/mol. The summed E-state index contributed by atoms with van der Waals surface area (Å²) < 4.78 is 25.8. The van der Waals surface area contributed by atoms with Gasteiger partial charge in [0, 0.05) is 50.7 Å². The SMILES string of the molecule is CN1CCN(S(=O)(=O)CCNC(=O)c2ccncc2)CC1. The highest BCUT2D eigenvalue weighted by Gasteiger charge is 2.25. The topological polar surface area (TPSA) is 82.6 Å². The first-order chi connectivity index (χ1) is 9.99. The van der Waals surface area contributed by atoms with E-state index in [1.165, 1.54) is 16.7 Å². The molecule has 1 amide bonds. The van der Waals surface area contributed by atoms with Crippen molar-refractivity contribution in [1.29, 1.82) is 0 Å². The Hall–Kier alpha value is -1.51. The average Bonchev–Trinajstić information content (AvgIpc) is 2.48. The lowest BCUT2D eigenvalue weighted by molar-refractivity contribution is 0.0956. The number of aromatic nitrogens is 1. The molecule has 1 N–H and O–H groups in total. The van der Waals surface area contributed by atoms with Crippen LogP contribution in [0.1, 0.15) is 10.4 Å². The van der Waals surface area contributed by atoms with Gasteiger partial charge < -0.3 is 10.2 Å². The van der Waals surface area contributed by atoms with Gasteiger partial charge in [-0.1, -0.05) is 0 Å². The van der Waals surface area contributed by atoms with Gasteiger partial charge in [0.1, 0.15) is 0 Å². The van der Waals surface area contributed by atoms with Crippen LogP contribution < -0.4 is 5.32 Å². The number of carbonyl (C=O) groups is 1. The second-order valence-electron chi connectivity index (χ2n) is 5.01. The van der Waals surface area contributed by atoms with Gasteiger partial charge in [0.15, 0.2) is 0 Å². The molecule has 0 spiro atoms. The molecule has 1 aliphatic heterocycles. The van der Waals surface area contributed by atoms with Gasteiger partial charge in [-0.15, -0.1) is 0 Å². The van der Waals surface area contributed by atoms with Crippen molar-refractivity contribution in [3.05, 3.63) is 30.1 Å². The van der Waals surface area contributed by atoms with Crippen molar-refractivity contribution in [1.82, 2.24) is 19.5 Å². The minimum atomic E-state index is -3.31. The minimum absolute atomic E-state index is 0.0759. The van der Waals surface area contributed by atoms with Gasteiger partial charge in [0.25, 0.3) is 5.91 Å². The highest BCUT2D eigenvalue weighted by Crippen LogP contribution is 2.06. The summed E-state index contributed by atoms with van der Waals surface area (Å²) in [6.07, 6.45) is 3.05. The molecule has 8 heteroatoms. The van der Waals surface area contributed by atoms with Crippen molar-refractivity contribution < 1.29 is 13.2 Å². The summed E-state index contributed by atoms with van der Waals surface area (Å²) in [5.41, 5.74) is 0.474. The van der Waals surface area contributed by atoms with Gasteiger partial charge >= 0.3 is 0 Å². The highest BCUT2D eigenvalue weighted by molar-refractivity contribution is 7.89. The minimum Gasteiger partial charge on any atom is -0.351 e. The lowest BCUT2D eigenvalue weighted by Crippen LogP contribution is -2.48. The molecule has 0 radical (unpaired) electrons. The van der Waals surface area contributed by atoms with E-state index in [-0.39, 0.29) is 18.2 Å². The Balaban J connectivity index is 1.81. The number of piperazine rings is 1. The molecule has 2 heterocycles. The first-order valence-corrected chi connectivity index (χ1v) is 8.44. The third-order valence-electron chi connectivity index (χ3n) is 3.44. The lowest BCUT2D eigenvalue weighted by atomic mass is 10.2. The van der Waals surface area contributed by atoms with Gasteiger partial charge in [-0.2, -0.15) is 4.31 Å². The normalized spacial score (nSPS) is 17.6. The van der Waals surface area contributed by atoms with Crippen LogP contribution >= 0.6 is 0 Å². The molecule has 0 aromatic carbocycles. The third kappa shape index (κ3) is 4.48. The molecular weight excluding hydrogens is 292 g/mol. The molecule has 0 saturated carbocycles. The van der Waals surface area contributed by atoms with Crippen molar-refractivity contribution in [2.45, 2.75) is 0 Å². The number of nitrogens with zero attached hydrogens (tertiary/aromatic N) is 3.